The van der Waals surface area contributed by atoms with E-state index in [4.69, 9.17) is 4.74 Å². The number of pyridine rings is 2. The molecule has 0 atom stereocenters. The van der Waals surface area contributed by atoms with Crippen LogP contribution in [0.2, 0.25) is 0 Å². The van der Waals surface area contributed by atoms with Gasteiger partial charge < -0.3 is 10.1 Å². The van der Waals surface area contributed by atoms with Crippen LogP contribution >= 0.6 is 0 Å². The fourth-order valence-electron chi connectivity index (χ4n) is 3.06. The zero-order valence-electron chi connectivity index (χ0n) is 15.4. The van der Waals surface area contributed by atoms with E-state index in [9.17, 15) is 4.79 Å². The van der Waals surface area contributed by atoms with Crippen LogP contribution in [-0.2, 0) is 11.2 Å². The monoisotopic (exact) mass is 369 g/mol. The first-order chi connectivity index (χ1) is 13.7. The Morgan fingerprint density at radius 1 is 1.04 bits per heavy atom. The molecule has 0 radical (unpaired) electrons. The van der Waals surface area contributed by atoms with Crippen LogP contribution in [0.1, 0.15) is 11.1 Å². The third kappa shape index (κ3) is 3.99. The molecule has 4 aromatic rings. The Labute approximate surface area is 163 Å². The van der Waals surface area contributed by atoms with Crippen LogP contribution in [0.4, 0.5) is 5.69 Å². The van der Waals surface area contributed by atoms with Crippen LogP contribution in [0.5, 0.6) is 11.5 Å². The molecule has 4 rings (SSSR count). The predicted molar refractivity (Wildman–Crippen MR) is 110 cm³/mol. The molecule has 0 aliphatic heterocycles. The van der Waals surface area contributed by atoms with Gasteiger partial charge in [0.15, 0.2) is 0 Å². The first-order valence-electron chi connectivity index (χ1n) is 9.00. The van der Waals surface area contributed by atoms with Crippen LogP contribution in [0, 0.1) is 6.92 Å². The number of amides is 1. The number of para-hydroxylation sites is 1. The summed E-state index contributed by atoms with van der Waals surface area (Å²) in [5.74, 6) is 1.31. The van der Waals surface area contributed by atoms with Crippen molar-refractivity contribution in [3.05, 3.63) is 90.4 Å². The molecule has 0 bridgehead atoms. The van der Waals surface area contributed by atoms with Crippen molar-refractivity contribution in [3.8, 4) is 11.5 Å². The summed E-state index contributed by atoms with van der Waals surface area (Å²) in [4.78, 5) is 21.0. The minimum absolute atomic E-state index is 0.0847. The normalized spacial score (nSPS) is 10.6. The summed E-state index contributed by atoms with van der Waals surface area (Å²) in [5.41, 5.74) is 3.42. The average molecular weight is 369 g/mol. The maximum atomic E-state index is 12.5. The summed E-state index contributed by atoms with van der Waals surface area (Å²) in [5, 5.41) is 3.98. The van der Waals surface area contributed by atoms with Gasteiger partial charge in [0.1, 0.15) is 11.5 Å². The van der Waals surface area contributed by atoms with Gasteiger partial charge in [0.2, 0.25) is 5.91 Å². The Kier molecular flexibility index (Phi) is 4.97. The van der Waals surface area contributed by atoms with Crippen molar-refractivity contribution < 1.29 is 9.53 Å². The summed E-state index contributed by atoms with van der Waals surface area (Å²) in [6.45, 7) is 1.94. The van der Waals surface area contributed by atoms with E-state index in [0.717, 1.165) is 33.5 Å². The van der Waals surface area contributed by atoms with Crippen LogP contribution < -0.4 is 10.1 Å². The van der Waals surface area contributed by atoms with Gasteiger partial charge in [-0.1, -0.05) is 24.3 Å². The lowest BCUT2D eigenvalue weighted by Gasteiger charge is -2.11. The Hall–Kier alpha value is -3.73. The van der Waals surface area contributed by atoms with Crippen LogP contribution in [-0.4, -0.2) is 15.9 Å². The van der Waals surface area contributed by atoms with E-state index in [0.29, 0.717) is 5.75 Å². The van der Waals surface area contributed by atoms with E-state index in [1.165, 1.54) is 0 Å². The molecule has 0 aliphatic rings. The second kappa shape index (κ2) is 7.88. The lowest BCUT2D eigenvalue weighted by atomic mass is 10.1. The van der Waals surface area contributed by atoms with Crippen molar-refractivity contribution in [1.82, 2.24) is 9.97 Å². The molecule has 28 heavy (non-hydrogen) atoms. The molecule has 0 spiro atoms. The van der Waals surface area contributed by atoms with E-state index in [1.807, 2.05) is 67.6 Å². The Bertz CT molecular complexity index is 1120. The number of ether oxygens (including phenoxy) is 1. The number of rotatable bonds is 5. The Morgan fingerprint density at radius 3 is 2.71 bits per heavy atom. The number of carbonyl (C=O) groups is 1. The summed E-state index contributed by atoms with van der Waals surface area (Å²) in [6.07, 6.45) is 5.37. The average Bonchev–Trinajstić information content (AvgIpc) is 2.71. The second-order valence-electron chi connectivity index (χ2n) is 6.49. The summed E-state index contributed by atoms with van der Waals surface area (Å²) in [6, 6.07) is 19.0. The number of carbonyl (C=O) groups excluding carboxylic acids is 1. The minimum Gasteiger partial charge on any atom is -0.455 e. The smallest absolute Gasteiger partial charge is 0.228 e. The molecule has 0 unspecified atom stereocenters. The Balaban J connectivity index is 1.46. The predicted octanol–water partition coefficient (Wildman–Crippen LogP) is 4.91. The second-order valence-corrected chi connectivity index (χ2v) is 6.49. The topological polar surface area (TPSA) is 64.1 Å². The third-order valence-electron chi connectivity index (χ3n) is 4.39. The number of nitrogens with one attached hydrogen (secondary N) is 1. The maximum Gasteiger partial charge on any atom is 0.228 e. The van der Waals surface area contributed by atoms with Crippen molar-refractivity contribution >= 4 is 22.5 Å². The third-order valence-corrected chi connectivity index (χ3v) is 4.39. The molecule has 5 nitrogen and oxygen atoms in total. The number of hydrogen-bond acceptors (Lipinski definition) is 4. The summed E-state index contributed by atoms with van der Waals surface area (Å²) >= 11 is 0. The van der Waals surface area contributed by atoms with Crippen molar-refractivity contribution in [1.29, 1.82) is 0 Å². The van der Waals surface area contributed by atoms with Crippen LogP contribution in [0.3, 0.4) is 0 Å². The minimum atomic E-state index is -0.0847. The van der Waals surface area contributed by atoms with Gasteiger partial charge in [0.05, 0.1) is 18.1 Å². The zero-order chi connectivity index (χ0) is 19.3. The number of hydrogen-bond donors (Lipinski definition) is 1. The standard InChI is InChI=1S/C23H19N3O2/c1-16-13-19(9-10-21(16)28-20-8-4-11-24-15-20)26-22(27)14-18-6-2-5-17-7-3-12-25-23(17)18/h2-13,15H,14H2,1H3,(H,26,27). The van der Waals surface area contributed by atoms with Crippen molar-refractivity contribution in [3.63, 3.8) is 0 Å². The number of anilines is 1. The number of fused-ring (bicyclic) bond motifs is 1. The van der Waals surface area contributed by atoms with Gasteiger partial charge in [-0.05, 0) is 54.4 Å². The van der Waals surface area contributed by atoms with Crippen molar-refractivity contribution in [2.75, 3.05) is 5.32 Å². The number of benzene rings is 2. The van der Waals surface area contributed by atoms with Gasteiger partial charge in [0, 0.05) is 23.5 Å². The highest BCUT2D eigenvalue weighted by atomic mass is 16.5. The molecule has 0 fully saturated rings. The molecule has 0 saturated heterocycles. The van der Waals surface area contributed by atoms with Crippen LogP contribution in [0.25, 0.3) is 10.9 Å². The number of nitrogens with zero attached hydrogens (tertiary/aromatic N) is 2. The van der Waals surface area contributed by atoms with Gasteiger partial charge in [-0.25, -0.2) is 0 Å². The number of aromatic nitrogens is 2. The fraction of sp³-hybridized carbons (Fsp3) is 0.0870. The van der Waals surface area contributed by atoms with Gasteiger partial charge in [-0.15, -0.1) is 0 Å². The van der Waals surface area contributed by atoms with E-state index in [-0.39, 0.29) is 12.3 Å². The van der Waals surface area contributed by atoms with Crippen molar-refractivity contribution in [2.45, 2.75) is 13.3 Å². The molecule has 2 heterocycles. The van der Waals surface area contributed by atoms with Gasteiger partial charge in [0.25, 0.3) is 0 Å². The SMILES string of the molecule is Cc1cc(NC(=O)Cc2cccc3cccnc23)ccc1Oc1cccnc1. The largest absolute Gasteiger partial charge is 0.455 e. The molecule has 2 aromatic heterocycles. The van der Waals surface area contributed by atoms with Gasteiger partial charge in [-0.2, -0.15) is 0 Å². The molecular formula is C23H19N3O2. The first-order valence-corrected chi connectivity index (χ1v) is 9.00. The summed E-state index contributed by atoms with van der Waals surface area (Å²) in [7, 11) is 0. The molecular weight excluding hydrogens is 350 g/mol. The molecule has 0 saturated carbocycles. The molecule has 138 valence electrons. The van der Waals surface area contributed by atoms with E-state index < -0.39 is 0 Å². The Morgan fingerprint density at radius 2 is 1.89 bits per heavy atom. The van der Waals surface area contributed by atoms with Crippen LogP contribution in [0.15, 0.2) is 79.3 Å². The van der Waals surface area contributed by atoms with Gasteiger partial charge in [-0.3, -0.25) is 14.8 Å². The maximum absolute atomic E-state index is 12.5. The first kappa shape index (κ1) is 17.7. The van der Waals surface area contributed by atoms with E-state index in [1.54, 1.807) is 18.6 Å². The molecule has 1 N–H and O–H groups in total. The lowest BCUT2D eigenvalue weighted by molar-refractivity contribution is -0.115. The molecule has 0 aliphatic carbocycles. The highest BCUT2D eigenvalue weighted by Gasteiger charge is 2.10. The molecule has 5 heteroatoms. The van der Waals surface area contributed by atoms with Gasteiger partial charge >= 0.3 is 0 Å². The number of aryl methyl sites for hydroxylation is 1. The highest BCUT2D eigenvalue weighted by molar-refractivity contribution is 5.95. The zero-order valence-corrected chi connectivity index (χ0v) is 15.4. The lowest BCUT2D eigenvalue weighted by Crippen LogP contribution is -2.14. The molecule has 1 amide bonds. The summed E-state index contributed by atoms with van der Waals surface area (Å²) < 4.78 is 5.83. The quantitative estimate of drug-likeness (QED) is 0.543. The van der Waals surface area contributed by atoms with Crippen molar-refractivity contribution in [2.24, 2.45) is 0 Å². The van der Waals surface area contributed by atoms with E-state index in [2.05, 4.69) is 15.3 Å². The highest BCUT2D eigenvalue weighted by Crippen LogP contribution is 2.27. The molecule has 2 aromatic carbocycles. The van der Waals surface area contributed by atoms with E-state index >= 15 is 0 Å². The fourth-order valence-corrected chi connectivity index (χ4v) is 3.06.